The largest absolute Gasteiger partial charge is 0.506 e. The summed E-state index contributed by atoms with van der Waals surface area (Å²) >= 11 is 0. The van der Waals surface area contributed by atoms with Gasteiger partial charge in [0.2, 0.25) is 11.1 Å². The second-order valence-electron chi connectivity index (χ2n) is 18.1. The number of Topliss-reactive ketones (excluding diaryl/α,β-unsaturated/α-hetero) is 1. The molecule has 6 heteroatoms. The predicted octanol–water partition coefficient (Wildman–Crippen LogP) is 10.6. The molecule has 8 aliphatic carbocycles. The van der Waals surface area contributed by atoms with E-state index in [0.29, 0.717) is 45.6 Å². The van der Waals surface area contributed by atoms with Crippen LogP contribution >= 0.6 is 0 Å². The monoisotopic (exact) mass is 749 g/mol. The van der Waals surface area contributed by atoms with E-state index in [9.17, 15) is 9.90 Å². The third-order valence-corrected chi connectivity index (χ3v) is 14.9. The highest BCUT2D eigenvalue weighted by atomic mass is 16.5. The number of allylic oxidation sites excluding steroid dienone is 9. The molecule has 6 nitrogen and oxygen atoms in total. The van der Waals surface area contributed by atoms with E-state index in [2.05, 4.69) is 126 Å². The molecule has 0 amide bonds. The van der Waals surface area contributed by atoms with Crippen LogP contribution in [0.25, 0.3) is 28.5 Å². The zero-order valence-electron chi connectivity index (χ0n) is 34.5. The van der Waals surface area contributed by atoms with Gasteiger partial charge in [0, 0.05) is 42.0 Å². The van der Waals surface area contributed by atoms with Crippen molar-refractivity contribution in [3.63, 3.8) is 0 Å². The fraction of sp³-hybridized carbons (Fsp3) is 0.440. The molecule has 0 radical (unpaired) electrons. The summed E-state index contributed by atoms with van der Waals surface area (Å²) in [5.74, 6) is 5.50. The number of rotatable bonds is 9. The van der Waals surface area contributed by atoms with Gasteiger partial charge in [-0.2, -0.15) is 0 Å². The summed E-state index contributed by atoms with van der Waals surface area (Å²) < 4.78 is 15.7. The van der Waals surface area contributed by atoms with E-state index in [1.54, 1.807) is 0 Å². The number of nitrogens with zero attached hydrogens (tertiary/aromatic N) is 2. The van der Waals surface area contributed by atoms with Gasteiger partial charge in [0.15, 0.2) is 0 Å². The van der Waals surface area contributed by atoms with Gasteiger partial charge in [0.25, 0.3) is 0 Å². The van der Waals surface area contributed by atoms with Gasteiger partial charge in [0.1, 0.15) is 41.9 Å². The Morgan fingerprint density at radius 1 is 0.821 bits per heavy atom. The van der Waals surface area contributed by atoms with Crippen molar-refractivity contribution in [1.82, 2.24) is 4.58 Å². The standard InChI is InChI=1S/C50H56N2O4/c1-9-51(10-2)37-13-15-39-29(23-43(55-45(39)27-37)31-17-33-25-34(18-31)49(33,5)6)21-41-47(53)42(48(41)54)22-30-24-44(32-19-35-26-36(20-32)50(35,7)8)56-46-28-38(14-16-40(30)46)52(11-3)12-4/h13-17,19,21-24,27-28,33-36H,9-12,18,20,25-26H2,1-8H3/p+1. The maximum absolute atomic E-state index is 14.1. The SMILES string of the molecule is CCN(CC)c1ccc2c(c1)OC(C1=CC3CC(C1)C3(C)C)=CC2=CC1=C(O)C(=Cc2cc(C3=CC4CC(C3)C4(C)C)oc3cc(=[N+](CC)CC)ccc2-3)C1=O. The average Bonchev–Trinajstić information content (AvgIpc) is 3.22. The molecule has 2 heterocycles. The van der Waals surface area contributed by atoms with Gasteiger partial charge < -0.3 is 19.2 Å². The van der Waals surface area contributed by atoms with Crippen molar-refractivity contribution in [1.29, 1.82) is 0 Å². The lowest BCUT2D eigenvalue weighted by Crippen LogP contribution is -2.47. The minimum atomic E-state index is -0.159. The normalized spacial score (nSPS) is 26.7. The molecule has 4 bridgehead atoms. The molecular formula is C50H57N2O4+. The Balaban J connectivity index is 1.13. The summed E-state index contributed by atoms with van der Waals surface area (Å²) in [4.78, 5) is 16.4. The van der Waals surface area contributed by atoms with E-state index in [4.69, 9.17) is 9.15 Å². The second-order valence-corrected chi connectivity index (χ2v) is 18.1. The van der Waals surface area contributed by atoms with Crippen molar-refractivity contribution in [2.24, 2.45) is 34.5 Å². The Morgan fingerprint density at radius 2 is 1.48 bits per heavy atom. The number of fused-ring (bicyclic) bond motifs is 4. The maximum atomic E-state index is 14.1. The predicted molar refractivity (Wildman–Crippen MR) is 227 cm³/mol. The van der Waals surface area contributed by atoms with E-state index < -0.39 is 0 Å². The van der Waals surface area contributed by atoms with Gasteiger partial charge in [0.05, 0.1) is 17.2 Å². The van der Waals surface area contributed by atoms with Crippen LogP contribution in [0.2, 0.25) is 0 Å². The maximum Gasteiger partial charge on any atom is 0.203 e. The summed E-state index contributed by atoms with van der Waals surface area (Å²) in [6.07, 6.45) is 15.1. The minimum absolute atomic E-state index is 0.0280. The zero-order chi connectivity index (χ0) is 39.3. The van der Waals surface area contributed by atoms with E-state index in [-0.39, 0.29) is 11.5 Å². The molecule has 0 aromatic heterocycles. The van der Waals surface area contributed by atoms with E-state index in [1.807, 2.05) is 12.2 Å². The first-order valence-electron chi connectivity index (χ1n) is 21.1. The van der Waals surface area contributed by atoms with Gasteiger partial charge in [-0.1, -0.05) is 39.8 Å². The van der Waals surface area contributed by atoms with E-state index in [0.717, 1.165) is 95.4 Å². The zero-order valence-corrected chi connectivity index (χ0v) is 34.5. The highest BCUT2D eigenvalue weighted by Crippen LogP contribution is 2.60. The molecule has 1 aromatic carbocycles. The topological polar surface area (TPSA) is 65.9 Å². The third kappa shape index (κ3) is 5.72. The number of carbonyl (C=O) groups is 1. The Hall–Kier alpha value is -4.84. The fourth-order valence-electron chi connectivity index (χ4n) is 10.4. The van der Waals surface area contributed by atoms with Crippen LogP contribution in [0, 0.1) is 34.5 Å². The summed E-state index contributed by atoms with van der Waals surface area (Å²) in [5, 5.41) is 12.8. The molecule has 4 unspecified atom stereocenters. The van der Waals surface area contributed by atoms with E-state index >= 15 is 0 Å². The van der Waals surface area contributed by atoms with Crippen molar-refractivity contribution >= 4 is 28.7 Å². The molecule has 1 aromatic rings. The summed E-state index contributed by atoms with van der Waals surface area (Å²) in [6.45, 7) is 21.8. The molecule has 1 N–H and O–H groups in total. The lowest BCUT2D eigenvalue weighted by molar-refractivity contribution is -0.113. The van der Waals surface area contributed by atoms with Gasteiger partial charge in [-0.15, -0.1) is 0 Å². The van der Waals surface area contributed by atoms with Crippen LogP contribution in [0.3, 0.4) is 0 Å². The van der Waals surface area contributed by atoms with Crippen molar-refractivity contribution in [2.75, 3.05) is 31.1 Å². The quantitative estimate of drug-likeness (QED) is 0.174. The van der Waals surface area contributed by atoms with Gasteiger partial charge in [-0.25, -0.2) is 4.58 Å². The van der Waals surface area contributed by atoms with Crippen LogP contribution in [0.5, 0.6) is 5.75 Å². The summed E-state index contributed by atoms with van der Waals surface area (Å²) in [7, 11) is 0. The number of benzene rings is 2. The first-order valence-corrected chi connectivity index (χ1v) is 21.1. The van der Waals surface area contributed by atoms with Crippen molar-refractivity contribution < 1.29 is 19.1 Å². The van der Waals surface area contributed by atoms with Crippen LogP contribution in [0.15, 0.2) is 99.4 Å². The van der Waals surface area contributed by atoms with Crippen molar-refractivity contribution in [3.8, 4) is 17.1 Å². The molecule has 11 rings (SSSR count). The number of ether oxygens (including phenoxy) is 1. The Morgan fingerprint density at radius 3 is 2.07 bits per heavy atom. The lowest BCUT2D eigenvalue weighted by Gasteiger charge is -2.55. The van der Waals surface area contributed by atoms with Crippen LogP contribution in [-0.2, 0) is 4.79 Å². The smallest absolute Gasteiger partial charge is 0.203 e. The third-order valence-electron chi connectivity index (χ3n) is 14.9. The Labute approximate surface area is 332 Å². The van der Waals surface area contributed by atoms with Crippen molar-refractivity contribution in [2.45, 2.75) is 81.1 Å². The van der Waals surface area contributed by atoms with Crippen molar-refractivity contribution in [3.05, 3.63) is 117 Å². The molecule has 0 spiro atoms. The van der Waals surface area contributed by atoms with Gasteiger partial charge in [-0.3, -0.25) is 4.79 Å². The average molecular weight is 750 g/mol. The van der Waals surface area contributed by atoms with Crippen LogP contribution in [0.1, 0.15) is 98.0 Å². The molecule has 56 heavy (non-hydrogen) atoms. The number of hydrogen-bond donors (Lipinski definition) is 1. The Bertz CT molecular complexity index is 2400. The summed E-state index contributed by atoms with van der Waals surface area (Å²) in [5.41, 5.74) is 8.48. The lowest BCUT2D eigenvalue weighted by atomic mass is 9.50. The molecular weight excluding hydrogens is 693 g/mol. The summed E-state index contributed by atoms with van der Waals surface area (Å²) in [6, 6.07) is 14.8. The van der Waals surface area contributed by atoms with Gasteiger partial charge in [-0.05, 0) is 153 Å². The number of carbonyl (C=O) groups excluding carboxylic acids is 1. The first kappa shape index (κ1) is 36.8. The molecule has 2 saturated carbocycles. The minimum Gasteiger partial charge on any atom is -0.506 e. The molecule has 10 aliphatic rings. The van der Waals surface area contributed by atoms with Crippen LogP contribution < -0.4 is 19.6 Å². The molecule has 290 valence electrons. The van der Waals surface area contributed by atoms with E-state index in [1.165, 1.54) is 24.0 Å². The highest BCUT2D eigenvalue weighted by molar-refractivity contribution is 6.24. The molecule has 2 aliphatic heterocycles. The van der Waals surface area contributed by atoms with Gasteiger partial charge >= 0.3 is 0 Å². The van der Waals surface area contributed by atoms with Crippen LogP contribution in [-0.4, -0.2) is 37.1 Å². The molecule has 4 atom stereocenters. The Kier molecular flexibility index (Phi) is 8.79. The fourth-order valence-corrected chi connectivity index (χ4v) is 10.4. The number of aliphatic hydroxyl groups is 1. The molecule has 2 fully saturated rings. The second kappa shape index (κ2) is 13.4. The first-order chi connectivity index (χ1) is 26.8. The van der Waals surface area contributed by atoms with Crippen LogP contribution in [0.4, 0.5) is 5.69 Å². The highest BCUT2D eigenvalue weighted by Gasteiger charge is 2.51. The number of hydrogen-bond acceptors (Lipinski definition) is 5. The molecule has 0 saturated heterocycles. The number of anilines is 1. The number of ketones is 1. The number of aliphatic hydroxyl groups excluding tert-OH is 1.